The predicted molar refractivity (Wildman–Crippen MR) is 468 cm³/mol. The van der Waals surface area contributed by atoms with Crippen molar-refractivity contribution in [1.29, 1.82) is 0 Å². The Morgan fingerprint density at radius 2 is 0.680 bits per heavy atom. The molecule has 0 bridgehead atoms. The summed E-state index contributed by atoms with van der Waals surface area (Å²) in [6.07, 6.45) is -6.17. The predicted octanol–water partition coefficient (Wildman–Crippen LogP) is 11.2. The second-order valence-corrected chi connectivity index (χ2v) is 33.9. The Hall–Kier alpha value is -9.46. The number of carbonyl (C=O) groups is 4. The van der Waals surface area contributed by atoms with Crippen LogP contribution in [0.3, 0.4) is 0 Å². The fraction of sp³-hybridized carbons (Fsp3) is 0.455. The van der Waals surface area contributed by atoms with Crippen LogP contribution in [0, 0.1) is 27.7 Å². The molecular weight excluding hydrogens is 1650 g/mol. The Morgan fingerprint density at radius 3 is 1.03 bits per heavy atom. The van der Waals surface area contributed by atoms with Gasteiger partial charge in [0.15, 0.2) is 66.4 Å². The molecule has 692 valence electrons. The molecule has 29 heteroatoms. The number of aliphatic hydroxyl groups excluding tert-OH is 4. The molecule has 14 rings (SSSR count). The Labute approximate surface area is 747 Å². The summed E-state index contributed by atoms with van der Waals surface area (Å²) in [6, 6.07) is 58.3. The van der Waals surface area contributed by atoms with Crippen molar-refractivity contribution < 1.29 is 140 Å². The summed E-state index contributed by atoms with van der Waals surface area (Å²) in [5.41, 5.74) is 1.11. The van der Waals surface area contributed by atoms with Crippen LogP contribution in [0.4, 0.5) is 0 Å². The third kappa shape index (κ3) is 24.0. The van der Waals surface area contributed by atoms with E-state index in [1.165, 1.54) is 32.9 Å². The smallest absolute Gasteiger partial charge is 0.338 e. The van der Waals surface area contributed by atoms with Crippen molar-refractivity contribution in [3.05, 3.63) is 300 Å². The summed E-state index contributed by atoms with van der Waals surface area (Å²) in [5.74, 6) is -3.88. The summed E-state index contributed by atoms with van der Waals surface area (Å²) >= 11 is 0. The molecule has 0 radical (unpaired) electrons. The third-order valence-corrected chi connectivity index (χ3v) is 22.4. The normalized spacial score (nSPS) is 30.2. The van der Waals surface area contributed by atoms with E-state index in [2.05, 4.69) is 62.7 Å². The van der Waals surface area contributed by atoms with E-state index in [1.807, 2.05) is 124 Å². The van der Waals surface area contributed by atoms with E-state index in [9.17, 15) is 49.8 Å². The van der Waals surface area contributed by atoms with E-state index in [4.69, 9.17) is 90.4 Å². The van der Waals surface area contributed by atoms with Crippen LogP contribution in [0.25, 0.3) is 0 Å². The number of fused-ring (bicyclic) bond motifs is 2. The van der Waals surface area contributed by atoms with E-state index in [-0.39, 0.29) is 58.5 Å². The van der Waals surface area contributed by atoms with Gasteiger partial charge in [-0.1, -0.05) is 186 Å². The van der Waals surface area contributed by atoms with Gasteiger partial charge in [-0.25, -0.2) is 19.2 Å². The van der Waals surface area contributed by atoms with Crippen LogP contribution in [0.1, 0.15) is 143 Å². The summed E-state index contributed by atoms with van der Waals surface area (Å²) in [7, 11) is 0. The maximum atomic E-state index is 12.7. The third-order valence-electron chi connectivity index (χ3n) is 22.4. The van der Waals surface area contributed by atoms with Gasteiger partial charge in [0.2, 0.25) is 0 Å². The van der Waals surface area contributed by atoms with Crippen LogP contribution in [0.5, 0.6) is 0 Å². The average Bonchev–Trinajstić information content (AvgIpc) is 1.57. The molecule has 7 aromatic carbocycles. The van der Waals surface area contributed by atoms with Crippen molar-refractivity contribution in [3.63, 3.8) is 0 Å². The molecule has 7 saturated heterocycles. The van der Waals surface area contributed by atoms with Gasteiger partial charge < -0.3 is 121 Å². The van der Waals surface area contributed by atoms with Gasteiger partial charge in [-0.05, 0) is 155 Å². The maximum absolute atomic E-state index is 12.7. The van der Waals surface area contributed by atoms with Crippen LogP contribution in [0.15, 0.2) is 239 Å². The Kier molecular flexibility index (Phi) is 34.6. The van der Waals surface area contributed by atoms with E-state index in [1.54, 1.807) is 109 Å². The molecule has 7 N–H and O–H groups in total. The molecule has 0 amide bonds. The van der Waals surface area contributed by atoms with Crippen molar-refractivity contribution in [3.8, 4) is 0 Å². The van der Waals surface area contributed by atoms with Crippen LogP contribution in [-0.4, -0.2) is 251 Å². The summed E-state index contributed by atoms with van der Waals surface area (Å²) < 4.78 is 103. The molecule has 7 aliphatic heterocycles. The van der Waals surface area contributed by atoms with E-state index < -0.39 is 149 Å². The molecule has 7 heterocycles. The quantitative estimate of drug-likeness (QED) is 0.00951. The number of hydrogen-bond acceptors (Lipinski definition) is 29. The topological polar surface area (TPSA) is 376 Å². The SMILES string of the molecule is C=CCOC1OC(CO)[C@@H](O)[C@@]1(C)O.C=CCOC1OC(CO)[C@H]2OC(C)(C)O[C@@]12C.C=CCOC1OC(COC(=O)c2ccc(C)cc2)[C@@H](OC(=O)c2ccc(C)cc2)[C@@]1(C)O.C=CCOC1OC(COC(c2ccccc2)(c2ccccc2)c2ccccc2)[C@H]2OC(C)(C)O[C@@]12C.Cc1ccc(C(=O)OCC2OC(O)[C@](C)(O)[C@@H]2OC(=O)c2ccc(C)cc2)cc1. The molecule has 7 fully saturated rings. The van der Waals surface area contributed by atoms with Gasteiger partial charge >= 0.3 is 23.9 Å². The minimum Gasteiger partial charge on any atom is -0.459 e. The molecule has 20 atom stereocenters. The van der Waals surface area contributed by atoms with Gasteiger partial charge in [0.25, 0.3) is 0 Å². The van der Waals surface area contributed by atoms with Gasteiger partial charge in [0.05, 0.1) is 68.5 Å². The maximum Gasteiger partial charge on any atom is 0.338 e. The van der Waals surface area contributed by atoms with Crippen LogP contribution in [0.2, 0.25) is 0 Å². The first-order valence-electron chi connectivity index (χ1n) is 42.3. The highest BCUT2D eigenvalue weighted by molar-refractivity contribution is 5.91. The first-order valence-corrected chi connectivity index (χ1v) is 42.3. The molecule has 0 saturated carbocycles. The van der Waals surface area contributed by atoms with Crippen LogP contribution < -0.4 is 0 Å². The van der Waals surface area contributed by atoms with Crippen LogP contribution in [-0.2, 0) is 90.9 Å². The highest BCUT2D eigenvalue weighted by Crippen LogP contribution is 2.50. The Morgan fingerprint density at radius 1 is 0.375 bits per heavy atom. The van der Waals surface area contributed by atoms with E-state index >= 15 is 0 Å². The molecule has 128 heavy (non-hydrogen) atoms. The molecular formula is C99H122O29. The lowest BCUT2D eigenvalue weighted by molar-refractivity contribution is -0.258. The zero-order chi connectivity index (χ0) is 93.2. The van der Waals surface area contributed by atoms with Crippen LogP contribution >= 0.6 is 0 Å². The monoisotopic (exact) mass is 1770 g/mol. The van der Waals surface area contributed by atoms with Crippen molar-refractivity contribution in [2.75, 3.05) is 59.5 Å². The standard InChI is InChI=1S/C31H34O5.C25H28O7.C22H24O7.C12H20O5.C9H16O5/c1-5-21-32-28-30(4)27(35-29(2,3)36-30)26(34-28)22-33-31(23-15-9-6-10-16-23,24-17-11-7-12-18-24)25-19-13-8-14-20-25;1-5-14-29-24-25(4,28)21(32-23(27)19-12-8-17(3)9-13-19)20(31-24)15-30-22(26)18-10-6-16(2)7-11-18;1-13-4-8-15(9-5-13)19(23)27-12-17-18(22(3,26)21(25)28-17)29-20(24)16-10-6-14(2)7-11-16;1-5-6-14-10-12(4)9(8(7-13)15-10)16-11(2,3)17-12;1-3-4-13-8-9(2,12)7(11)6(5-10)14-8/h5-20,26-28H,1,21-22H2,2-4H3;5-13,20-21,24,28H,1,14-15H2,2-4H3;4-11,17-18,21,25-26H,12H2,1-3H3;5,8-10,13H,1,6-7H2,2-4H3;3,6-8,10-12H,1,4-5H2,2H3/t26?,27-,28?,30-;20?,21-,24?,25-;17?,18-,21?,22-;8?,9-,10?,12-;6?,7-,8?,9-/m11111/s1. The molecule has 7 aliphatic rings. The second-order valence-electron chi connectivity index (χ2n) is 33.9. The van der Waals surface area contributed by atoms with E-state index in [0.29, 0.717) is 35.5 Å². The number of esters is 4. The number of carbonyl (C=O) groups excluding carboxylic acids is 4. The number of hydrogen-bond donors (Lipinski definition) is 7. The number of aliphatic hydroxyl groups is 7. The largest absolute Gasteiger partial charge is 0.459 e. The first kappa shape index (κ1) is 101. The Balaban J connectivity index is 0.000000173. The Bertz CT molecular complexity index is 4660. The number of rotatable bonds is 30. The molecule has 7 aromatic rings. The highest BCUT2D eigenvalue weighted by Gasteiger charge is 2.66. The highest BCUT2D eigenvalue weighted by atomic mass is 16.8. The number of ether oxygens (including phenoxy) is 18. The average molecular weight is 1780 g/mol. The summed E-state index contributed by atoms with van der Waals surface area (Å²) in [5, 5.41) is 69.1. The minimum atomic E-state index is -1.86. The second kappa shape index (κ2) is 44.0. The molecule has 10 unspecified atom stereocenters. The lowest BCUT2D eigenvalue weighted by Crippen LogP contribution is -2.49. The van der Waals surface area contributed by atoms with E-state index in [0.717, 1.165) is 38.9 Å². The summed E-state index contributed by atoms with van der Waals surface area (Å²) in [4.78, 5) is 49.8. The van der Waals surface area contributed by atoms with Crippen molar-refractivity contribution >= 4 is 23.9 Å². The van der Waals surface area contributed by atoms with Gasteiger partial charge in [-0.2, -0.15) is 0 Å². The lowest BCUT2D eigenvalue weighted by atomic mass is 9.80. The zero-order valence-corrected chi connectivity index (χ0v) is 74.7. The molecule has 29 nitrogen and oxygen atoms in total. The first-order chi connectivity index (χ1) is 60.7. The zero-order valence-electron chi connectivity index (χ0n) is 74.7. The van der Waals surface area contributed by atoms with Crippen molar-refractivity contribution in [1.82, 2.24) is 0 Å². The van der Waals surface area contributed by atoms with Gasteiger partial charge in [-0.3, -0.25) is 0 Å². The molecule has 0 aliphatic carbocycles. The fourth-order valence-corrected chi connectivity index (χ4v) is 15.8. The summed E-state index contributed by atoms with van der Waals surface area (Å²) in [6.45, 7) is 37.9. The fourth-order valence-electron chi connectivity index (χ4n) is 15.8. The van der Waals surface area contributed by atoms with Gasteiger partial charge in [0, 0.05) is 0 Å². The lowest BCUT2D eigenvalue weighted by Gasteiger charge is -2.37. The van der Waals surface area contributed by atoms with Crippen molar-refractivity contribution in [2.45, 2.75) is 228 Å². The number of aryl methyl sites for hydroxylation is 4. The van der Waals surface area contributed by atoms with Crippen molar-refractivity contribution in [2.24, 2.45) is 0 Å². The minimum absolute atomic E-state index is 0.117. The molecule has 0 spiro atoms. The van der Waals surface area contributed by atoms with Gasteiger partial charge in [0.1, 0.15) is 84.4 Å². The number of benzene rings is 7. The van der Waals surface area contributed by atoms with Gasteiger partial charge in [-0.15, -0.1) is 26.3 Å². The molecule has 0 aromatic heterocycles.